The number of nitrogen functional groups attached to an aromatic ring is 1. The van der Waals surface area contributed by atoms with Crippen LogP contribution < -0.4 is 5.73 Å². The van der Waals surface area contributed by atoms with Crippen molar-refractivity contribution in [2.45, 2.75) is 0 Å². The molecule has 18 heavy (non-hydrogen) atoms. The van der Waals surface area contributed by atoms with Crippen molar-refractivity contribution in [1.29, 1.82) is 5.41 Å². The van der Waals surface area contributed by atoms with Gasteiger partial charge in [0.15, 0.2) is 0 Å². The number of carboxylic acid groups (broad SMARTS) is 1. The number of hydrogen-bond acceptors (Lipinski definition) is 2. The summed E-state index contributed by atoms with van der Waals surface area (Å²) in [7, 11) is 0. The van der Waals surface area contributed by atoms with Crippen LogP contribution in [0.15, 0.2) is 48.5 Å². The number of carboxylic acids is 1. The lowest BCUT2D eigenvalue weighted by Crippen LogP contribution is -2.13. The van der Waals surface area contributed by atoms with Crippen molar-refractivity contribution in [3.8, 4) is 11.1 Å². The van der Waals surface area contributed by atoms with Gasteiger partial charge in [-0.1, -0.05) is 36.4 Å². The lowest BCUT2D eigenvalue weighted by Gasteiger charge is -2.09. The Kier molecular flexibility index (Phi) is 3.10. The van der Waals surface area contributed by atoms with E-state index in [1.807, 2.05) is 30.3 Å². The highest BCUT2D eigenvalue weighted by Crippen LogP contribution is 2.24. The summed E-state index contributed by atoms with van der Waals surface area (Å²) in [5.41, 5.74) is 7.73. The van der Waals surface area contributed by atoms with Gasteiger partial charge in [-0.2, -0.15) is 0 Å². The molecule has 0 heterocycles. The number of aromatic carboxylic acids is 1. The summed E-state index contributed by atoms with van der Waals surface area (Å²) in [6, 6.07) is 14.0. The number of rotatable bonds is 3. The molecule has 0 spiro atoms. The van der Waals surface area contributed by atoms with E-state index >= 15 is 0 Å². The van der Waals surface area contributed by atoms with E-state index in [0.29, 0.717) is 5.56 Å². The maximum atomic E-state index is 10.9. The number of carbonyl (C=O) groups is 1. The molecular weight excluding hydrogens is 228 g/mol. The molecule has 2 aromatic carbocycles. The van der Waals surface area contributed by atoms with Crippen molar-refractivity contribution in [3.63, 3.8) is 0 Å². The van der Waals surface area contributed by atoms with Crippen LogP contribution in [0.2, 0.25) is 0 Å². The molecule has 90 valence electrons. The summed E-state index contributed by atoms with van der Waals surface area (Å²) in [6.07, 6.45) is 0. The molecule has 0 fully saturated rings. The minimum atomic E-state index is -1.03. The third kappa shape index (κ3) is 2.22. The number of amidine groups is 1. The predicted molar refractivity (Wildman–Crippen MR) is 69.9 cm³/mol. The number of nitrogens with one attached hydrogen (secondary N) is 1. The van der Waals surface area contributed by atoms with Crippen LogP contribution in [-0.2, 0) is 0 Å². The molecule has 4 N–H and O–H groups in total. The standard InChI is InChI=1S/C14H12N2O2/c15-13(16)12-8-10(14(17)18)6-7-11(12)9-4-2-1-3-5-9/h1-8H,(H3,15,16)(H,17,18). The zero-order valence-electron chi connectivity index (χ0n) is 9.55. The Bertz CT molecular complexity index is 606. The van der Waals surface area contributed by atoms with Gasteiger partial charge < -0.3 is 10.8 Å². The Morgan fingerprint density at radius 2 is 1.78 bits per heavy atom. The maximum Gasteiger partial charge on any atom is 0.335 e. The molecule has 4 nitrogen and oxygen atoms in total. The SMILES string of the molecule is N=C(N)c1cc(C(=O)O)ccc1-c1ccccc1. The molecule has 0 aliphatic carbocycles. The molecule has 0 bridgehead atoms. The van der Waals surface area contributed by atoms with Crippen LogP contribution in [0.3, 0.4) is 0 Å². The van der Waals surface area contributed by atoms with E-state index in [1.54, 1.807) is 6.07 Å². The topological polar surface area (TPSA) is 87.2 Å². The molecule has 0 saturated carbocycles. The summed E-state index contributed by atoms with van der Waals surface area (Å²) in [5, 5.41) is 16.5. The average Bonchev–Trinajstić information content (AvgIpc) is 2.39. The first kappa shape index (κ1) is 11.9. The van der Waals surface area contributed by atoms with Crippen LogP contribution in [0.1, 0.15) is 15.9 Å². The van der Waals surface area contributed by atoms with Crippen molar-refractivity contribution in [3.05, 3.63) is 59.7 Å². The van der Waals surface area contributed by atoms with Crippen molar-refractivity contribution in [2.75, 3.05) is 0 Å². The minimum absolute atomic E-state index is 0.125. The Morgan fingerprint density at radius 1 is 1.11 bits per heavy atom. The summed E-state index contributed by atoms with van der Waals surface area (Å²) in [6.45, 7) is 0. The number of benzene rings is 2. The van der Waals surface area contributed by atoms with E-state index in [0.717, 1.165) is 11.1 Å². The van der Waals surface area contributed by atoms with E-state index < -0.39 is 5.97 Å². The second kappa shape index (κ2) is 4.71. The van der Waals surface area contributed by atoms with Gasteiger partial charge in [0.05, 0.1) is 5.56 Å². The Balaban J connectivity index is 2.61. The van der Waals surface area contributed by atoms with Crippen molar-refractivity contribution < 1.29 is 9.90 Å². The number of hydrogen-bond donors (Lipinski definition) is 3. The highest BCUT2D eigenvalue weighted by molar-refractivity contribution is 6.03. The Hall–Kier alpha value is -2.62. The summed E-state index contributed by atoms with van der Waals surface area (Å²) >= 11 is 0. The van der Waals surface area contributed by atoms with Crippen molar-refractivity contribution in [1.82, 2.24) is 0 Å². The van der Waals surface area contributed by atoms with Crippen LogP contribution in [0.25, 0.3) is 11.1 Å². The second-order valence-corrected chi connectivity index (χ2v) is 3.85. The molecule has 0 aliphatic rings. The molecule has 2 aromatic rings. The molecule has 0 radical (unpaired) electrons. The van der Waals surface area contributed by atoms with Gasteiger partial charge in [-0.3, -0.25) is 5.41 Å². The fourth-order valence-corrected chi connectivity index (χ4v) is 1.77. The zero-order valence-corrected chi connectivity index (χ0v) is 9.55. The number of nitrogens with two attached hydrogens (primary N) is 1. The smallest absolute Gasteiger partial charge is 0.335 e. The summed E-state index contributed by atoms with van der Waals surface area (Å²) < 4.78 is 0. The van der Waals surface area contributed by atoms with E-state index in [1.165, 1.54) is 12.1 Å². The van der Waals surface area contributed by atoms with Gasteiger partial charge in [-0.25, -0.2) is 4.79 Å². The highest BCUT2D eigenvalue weighted by atomic mass is 16.4. The fraction of sp³-hybridized carbons (Fsp3) is 0. The van der Waals surface area contributed by atoms with Gasteiger partial charge in [-0.15, -0.1) is 0 Å². The third-order valence-corrected chi connectivity index (χ3v) is 2.64. The molecule has 0 saturated heterocycles. The maximum absolute atomic E-state index is 10.9. The van der Waals surface area contributed by atoms with Gasteiger partial charge in [0.2, 0.25) is 0 Å². The second-order valence-electron chi connectivity index (χ2n) is 3.85. The third-order valence-electron chi connectivity index (χ3n) is 2.64. The minimum Gasteiger partial charge on any atom is -0.478 e. The molecular formula is C14H12N2O2. The summed E-state index contributed by atoms with van der Waals surface area (Å²) in [5.74, 6) is -1.17. The average molecular weight is 240 g/mol. The normalized spacial score (nSPS) is 10.0. The molecule has 0 aliphatic heterocycles. The fourth-order valence-electron chi connectivity index (χ4n) is 1.77. The predicted octanol–water partition coefficient (Wildman–Crippen LogP) is 2.34. The van der Waals surface area contributed by atoms with Crippen LogP contribution in [-0.4, -0.2) is 16.9 Å². The molecule has 0 aromatic heterocycles. The van der Waals surface area contributed by atoms with Gasteiger partial charge in [-0.05, 0) is 23.3 Å². The quantitative estimate of drug-likeness (QED) is 0.568. The van der Waals surface area contributed by atoms with E-state index in [9.17, 15) is 4.79 Å². The van der Waals surface area contributed by atoms with E-state index in [-0.39, 0.29) is 11.4 Å². The van der Waals surface area contributed by atoms with Gasteiger partial charge in [0, 0.05) is 5.56 Å². The first-order chi connectivity index (χ1) is 8.59. The first-order valence-corrected chi connectivity index (χ1v) is 5.37. The lowest BCUT2D eigenvalue weighted by molar-refractivity contribution is 0.0697. The van der Waals surface area contributed by atoms with Crippen LogP contribution >= 0.6 is 0 Å². The van der Waals surface area contributed by atoms with Gasteiger partial charge in [0.25, 0.3) is 0 Å². The van der Waals surface area contributed by atoms with Gasteiger partial charge >= 0.3 is 5.97 Å². The van der Waals surface area contributed by atoms with Crippen LogP contribution in [0.5, 0.6) is 0 Å². The lowest BCUT2D eigenvalue weighted by atomic mass is 9.97. The largest absolute Gasteiger partial charge is 0.478 e. The van der Waals surface area contributed by atoms with Crippen LogP contribution in [0.4, 0.5) is 0 Å². The highest BCUT2D eigenvalue weighted by Gasteiger charge is 2.11. The first-order valence-electron chi connectivity index (χ1n) is 5.37. The monoisotopic (exact) mass is 240 g/mol. The molecule has 4 heteroatoms. The summed E-state index contributed by atoms with van der Waals surface area (Å²) in [4.78, 5) is 10.9. The molecule has 0 amide bonds. The van der Waals surface area contributed by atoms with Gasteiger partial charge in [0.1, 0.15) is 5.84 Å². The molecule has 2 rings (SSSR count). The zero-order chi connectivity index (χ0) is 13.1. The molecule has 0 unspecified atom stereocenters. The van der Waals surface area contributed by atoms with Crippen molar-refractivity contribution in [2.24, 2.45) is 5.73 Å². The van der Waals surface area contributed by atoms with Crippen molar-refractivity contribution >= 4 is 11.8 Å². The van der Waals surface area contributed by atoms with E-state index in [2.05, 4.69) is 0 Å². The van der Waals surface area contributed by atoms with Crippen LogP contribution in [0, 0.1) is 5.41 Å². The molecule has 0 atom stereocenters. The Labute approximate surface area is 104 Å². The van der Waals surface area contributed by atoms with E-state index in [4.69, 9.17) is 16.2 Å². The Morgan fingerprint density at radius 3 is 2.33 bits per heavy atom.